The van der Waals surface area contributed by atoms with Crippen LogP contribution in [-0.2, 0) is 11.2 Å². The normalized spacial score (nSPS) is 10.2. The van der Waals surface area contributed by atoms with E-state index in [-0.39, 0.29) is 5.91 Å². The maximum Gasteiger partial charge on any atom is 0.224 e. The molecule has 6 heteroatoms. The molecule has 0 fully saturated rings. The van der Waals surface area contributed by atoms with Gasteiger partial charge in [0.15, 0.2) is 11.5 Å². The number of carbonyl (C=O) groups is 1. The molecule has 2 rings (SSSR count). The Hall–Kier alpha value is -2.89. The Morgan fingerprint density at radius 2 is 1.58 bits per heavy atom. The van der Waals surface area contributed by atoms with Crippen molar-refractivity contribution in [1.82, 2.24) is 0 Å². The summed E-state index contributed by atoms with van der Waals surface area (Å²) in [5, 5.41) is 2.88. The van der Waals surface area contributed by atoms with Crippen molar-refractivity contribution in [3.8, 4) is 23.0 Å². The topological polar surface area (TPSA) is 66.0 Å². The molecule has 0 saturated heterocycles. The number of carbonyl (C=O) groups excluding carboxylic acids is 1. The first kappa shape index (κ1) is 19.4. The standard InChI is InChI=1S/C20H25NO5/c1-5-26-16-9-7-15(8-10-16)21-19(22)11-6-14-12-17(23-2)20(25-4)18(13-14)24-3/h7-10,12-13H,5-6,11H2,1-4H3,(H,21,22). The van der Waals surface area contributed by atoms with Crippen LogP contribution in [0.2, 0.25) is 0 Å². The van der Waals surface area contributed by atoms with Crippen LogP contribution >= 0.6 is 0 Å². The molecule has 0 aliphatic rings. The highest BCUT2D eigenvalue weighted by molar-refractivity contribution is 5.90. The highest BCUT2D eigenvalue weighted by atomic mass is 16.5. The molecule has 0 saturated carbocycles. The molecule has 26 heavy (non-hydrogen) atoms. The third-order valence-electron chi connectivity index (χ3n) is 3.81. The summed E-state index contributed by atoms with van der Waals surface area (Å²) in [6, 6.07) is 11.0. The molecule has 0 radical (unpaired) electrons. The lowest BCUT2D eigenvalue weighted by Crippen LogP contribution is -2.12. The Bertz CT molecular complexity index is 702. The fraction of sp³-hybridized carbons (Fsp3) is 0.350. The van der Waals surface area contributed by atoms with Gasteiger partial charge in [-0.05, 0) is 55.3 Å². The number of benzene rings is 2. The van der Waals surface area contributed by atoms with E-state index in [4.69, 9.17) is 18.9 Å². The molecule has 0 aliphatic carbocycles. The first-order valence-electron chi connectivity index (χ1n) is 8.42. The second kappa shape index (κ2) is 9.56. The minimum Gasteiger partial charge on any atom is -0.494 e. The molecule has 0 atom stereocenters. The maximum atomic E-state index is 12.2. The number of aryl methyl sites for hydroxylation is 1. The fourth-order valence-electron chi connectivity index (χ4n) is 2.56. The molecule has 0 aliphatic heterocycles. The zero-order valence-electron chi connectivity index (χ0n) is 15.6. The van der Waals surface area contributed by atoms with Crippen LogP contribution in [0.1, 0.15) is 18.9 Å². The number of hydrogen-bond donors (Lipinski definition) is 1. The summed E-state index contributed by atoms with van der Waals surface area (Å²) in [5.41, 5.74) is 1.67. The lowest BCUT2D eigenvalue weighted by Gasteiger charge is -2.14. The molecule has 140 valence electrons. The zero-order valence-corrected chi connectivity index (χ0v) is 15.6. The van der Waals surface area contributed by atoms with Gasteiger partial charge in [-0.2, -0.15) is 0 Å². The highest BCUT2D eigenvalue weighted by Gasteiger charge is 2.14. The summed E-state index contributed by atoms with van der Waals surface area (Å²) >= 11 is 0. The van der Waals surface area contributed by atoms with Crippen molar-refractivity contribution in [3.63, 3.8) is 0 Å². The minimum atomic E-state index is -0.0667. The predicted molar refractivity (Wildman–Crippen MR) is 101 cm³/mol. The molecule has 2 aromatic rings. The number of nitrogens with one attached hydrogen (secondary N) is 1. The van der Waals surface area contributed by atoms with Crippen molar-refractivity contribution in [2.45, 2.75) is 19.8 Å². The summed E-state index contributed by atoms with van der Waals surface area (Å²) in [4.78, 5) is 12.2. The monoisotopic (exact) mass is 359 g/mol. The van der Waals surface area contributed by atoms with Gasteiger partial charge in [-0.25, -0.2) is 0 Å². The van der Waals surface area contributed by atoms with Crippen LogP contribution in [-0.4, -0.2) is 33.8 Å². The summed E-state index contributed by atoms with van der Waals surface area (Å²) < 4.78 is 21.4. The van der Waals surface area contributed by atoms with Gasteiger partial charge in [0.2, 0.25) is 11.7 Å². The van der Waals surface area contributed by atoms with Crippen molar-refractivity contribution in [1.29, 1.82) is 0 Å². The van der Waals surface area contributed by atoms with E-state index in [0.29, 0.717) is 36.7 Å². The molecule has 1 N–H and O–H groups in total. The van der Waals surface area contributed by atoms with E-state index in [1.54, 1.807) is 21.3 Å². The number of anilines is 1. The zero-order chi connectivity index (χ0) is 18.9. The second-order valence-electron chi connectivity index (χ2n) is 5.54. The van der Waals surface area contributed by atoms with Crippen LogP contribution in [0.15, 0.2) is 36.4 Å². The molecule has 2 aromatic carbocycles. The van der Waals surface area contributed by atoms with Gasteiger partial charge in [0, 0.05) is 12.1 Å². The van der Waals surface area contributed by atoms with Crippen molar-refractivity contribution >= 4 is 11.6 Å². The van der Waals surface area contributed by atoms with Gasteiger partial charge in [0.05, 0.1) is 27.9 Å². The predicted octanol–water partition coefficient (Wildman–Crippen LogP) is 3.68. The van der Waals surface area contributed by atoms with E-state index >= 15 is 0 Å². The number of methoxy groups -OCH3 is 3. The van der Waals surface area contributed by atoms with Gasteiger partial charge < -0.3 is 24.3 Å². The molecule has 0 spiro atoms. The van der Waals surface area contributed by atoms with E-state index in [1.165, 1.54) is 0 Å². The molecule has 6 nitrogen and oxygen atoms in total. The molecule has 1 amide bonds. The van der Waals surface area contributed by atoms with Crippen LogP contribution in [0, 0.1) is 0 Å². The van der Waals surface area contributed by atoms with Crippen LogP contribution in [0.25, 0.3) is 0 Å². The van der Waals surface area contributed by atoms with Crippen molar-refractivity contribution in [3.05, 3.63) is 42.0 Å². The number of amides is 1. The first-order chi connectivity index (χ1) is 12.6. The summed E-state index contributed by atoms with van der Waals surface area (Å²) in [5.74, 6) is 2.41. The Morgan fingerprint density at radius 1 is 0.962 bits per heavy atom. The minimum absolute atomic E-state index is 0.0667. The van der Waals surface area contributed by atoms with Crippen molar-refractivity contribution < 1.29 is 23.7 Å². The van der Waals surface area contributed by atoms with Crippen LogP contribution in [0.5, 0.6) is 23.0 Å². The van der Waals surface area contributed by atoms with E-state index in [2.05, 4.69) is 5.32 Å². The second-order valence-corrected chi connectivity index (χ2v) is 5.54. The number of ether oxygens (including phenoxy) is 4. The lowest BCUT2D eigenvalue weighted by molar-refractivity contribution is -0.116. The van der Waals surface area contributed by atoms with Gasteiger partial charge in [0.25, 0.3) is 0 Å². The molecular weight excluding hydrogens is 334 g/mol. The van der Waals surface area contributed by atoms with Gasteiger partial charge in [0.1, 0.15) is 5.75 Å². The van der Waals surface area contributed by atoms with E-state index in [1.807, 2.05) is 43.3 Å². The average molecular weight is 359 g/mol. The molecule has 0 aromatic heterocycles. The Balaban J connectivity index is 1.98. The molecule has 0 unspecified atom stereocenters. The quantitative estimate of drug-likeness (QED) is 0.740. The average Bonchev–Trinajstić information content (AvgIpc) is 2.67. The number of hydrogen-bond acceptors (Lipinski definition) is 5. The fourth-order valence-corrected chi connectivity index (χ4v) is 2.56. The summed E-state index contributed by atoms with van der Waals surface area (Å²) in [7, 11) is 4.70. The number of rotatable bonds is 9. The van der Waals surface area contributed by atoms with E-state index in [0.717, 1.165) is 17.0 Å². The third-order valence-corrected chi connectivity index (χ3v) is 3.81. The van der Waals surface area contributed by atoms with Crippen LogP contribution in [0.4, 0.5) is 5.69 Å². The van der Waals surface area contributed by atoms with Gasteiger partial charge in [-0.15, -0.1) is 0 Å². The van der Waals surface area contributed by atoms with E-state index < -0.39 is 0 Å². The SMILES string of the molecule is CCOc1ccc(NC(=O)CCc2cc(OC)c(OC)c(OC)c2)cc1. The highest BCUT2D eigenvalue weighted by Crippen LogP contribution is 2.38. The van der Waals surface area contributed by atoms with Crippen molar-refractivity contribution in [2.75, 3.05) is 33.3 Å². The van der Waals surface area contributed by atoms with Crippen LogP contribution < -0.4 is 24.3 Å². The Labute approximate surface area is 154 Å². The largest absolute Gasteiger partial charge is 0.494 e. The first-order valence-corrected chi connectivity index (χ1v) is 8.42. The summed E-state index contributed by atoms with van der Waals surface area (Å²) in [6.45, 7) is 2.54. The Morgan fingerprint density at radius 3 is 2.08 bits per heavy atom. The van der Waals surface area contributed by atoms with Gasteiger partial charge in [-0.1, -0.05) is 0 Å². The van der Waals surface area contributed by atoms with Crippen LogP contribution in [0.3, 0.4) is 0 Å². The molecule has 0 heterocycles. The lowest BCUT2D eigenvalue weighted by atomic mass is 10.1. The van der Waals surface area contributed by atoms with Gasteiger partial charge in [-0.3, -0.25) is 4.79 Å². The maximum absolute atomic E-state index is 12.2. The third kappa shape index (κ3) is 5.05. The van der Waals surface area contributed by atoms with E-state index in [9.17, 15) is 4.79 Å². The molecular formula is C20H25NO5. The van der Waals surface area contributed by atoms with Crippen molar-refractivity contribution in [2.24, 2.45) is 0 Å². The van der Waals surface area contributed by atoms with Gasteiger partial charge >= 0.3 is 0 Å². The summed E-state index contributed by atoms with van der Waals surface area (Å²) in [6.07, 6.45) is 0.894. The molecule has 0 bridgehead atoms. The Kier molecular flexibility index (Phi) is 7.14. The smallest absolute Gasteiger partial charge is 0.224 e.